The first-order valence-electron chi connectivity index (χ1n) is 6.66. The fraction of sp³-hybridized carbons (Fsp3) is 0.312. The summed E-state index contributed by atoms with van der Waals surface area (Å²) < 4.78 is 19.1. The maximum atomic E-state index is 13.1. The summed E-state index contributed by atoms with van der Waals surface area (Å²) in [4.78, 5) is 4.26. The Hall–Kier alpha value is -1.46. The van der Waals surface area contributed by atoms with Crippen LogP contribution in [0.15, 0.2) is 41.0 Å². The molecule has 112 valence electrons. The lowest BCUT2D eigenvalue weighted by Gasteiger charge is -2.20. The maximum absolute atomic E-state index is 13.1. The molecule has 0 spiro atoms. The van der Waals surface area contributed by atoms with Crippen LogP contribution >= 0.6 is 15.9 Å². The second kappa shape index (κ2) is 6.54. The Balaban J connectivity index is 2.00. The molecule has 0 amide bonds. The molecule has 1 aromatic heterocycles. The molecule has 0 aliphatic carbocycles. The number of benzene rings is 1. The van der Waals surface area contributed by atoms with Gasteiger partial charge in [-0.1, -0.05) is 6.07 Å². The summed E-state index contributed by atoms with van der Waals surface area (Å²) in [6.45, 7) is 7.10. The molecule has 21 heavy (non-hydrogen) atoms. The molecule has 0 aliphatic heterocycles. The van der Waals surface area contributed by atoms with Crippen LogP contribution in [0.2, 0.25) is 0 Å². The molecule has 5 heteroatoms. The molecule has 0 unspecified atom stereocenters. The van der Waals surface area contributed by atoms with Gasteiger partial charge in [-0.05, 0) is 60.5 Å². The van der Waals surface area contributed by atoms with E-state index in [1.54, 1.807) is 24.4 Å². The number of hydrogen-bond acceptors (Lipinski definition) is 3. The molecule has 0 atom stereocenters. The third-order valence-electron chi connectivity index (χ3n) is 2.73. The average Bonchev–Trinajstić information content (AvgIpc) is 2.41. The number of ether oxygens (including phenoxy) is 1. The molecule has 1 heterocycles. The van der Waals surface area contributed by atoms with Crippen LogP contribution in [0, 0.1) is 5.82 Å². The molecule has 0 saturated carbocycles. The van der Waals surface area contributed by atoms with Crippen molar-refractivity contribution in [1.82, 2.24) is 10.3 Å². The standard InChI is InChI=1S/C16H18BrFN2O/c1-16(2,3)20-10-11-4-7-15(19-9-11)21-12-5-6-14(18)13(17)8-12/h4-9,20H,10H2,1-3H3. The second-order valence-corrected chi connectivity index (χ2v) is 6.64. The fourth-order valence-electron chi connectivity index (χ4n) is 1.60. The Bertz CT molecular complexity index is 609. The lowest BCUT2D eigenvalue weighted by molar-refractivity contribution is 0.423. The van der Waals surface area contributed by atoms with Crippen molar-refractivity contribution >= 4 is 15.9 Å². The lowest BCUT2D eigenvalue weighted by atomic mass is 10.1. The summed E-state index contributed by atoms with van der Waals surface area (Å²) in [5.41, 5.74) is 1.15. The number of nitrogens with zero attached hydrogens (tertiary/aromatic N) is 1. The van der Waals surface area contributed by atoms with Gasteiger partial charge >= 0.3 is 0 Å². The molecule has 0 bridgehead atoms. The van der Waals surface area contributed by atoms with Crippen molar-refractivity contribution in [3.05, 3.63) is 52.4 Å². The van der Waals surface area contributed by atoms with Gasteiger partial charge in [0.1, 0.15) is 11.6 Å². The first-order valence-corrected chi connectivity index (χ1v) is 7.46. The molecule has 1 aromatic carbocycles. The van der Waals surface area contributed by atoms with Crippen molar-refractivity contribution in [1.29, 1.82) is 0 Å². The van der Waals surface area contributed by atoms with Gasteiger partial charge in [-0.25, -0.2) is 9.37 Å². The van der Waals surface area contributed by atoms with Crippen LogP contribution in [0.1, 0.15) is 26.3 Å². The maximum Gasteiger partial charge on any atom is 0.219 e. The van der Waals surface area contributed by atoms with E-state index in [4.69, 9.17) is 4.74 Å². The highest BCUT2D eigenvalue weighted by atomic mass is 79.9. The van der Waals surface area contributed by atoms with Gasteiger partial charge in [-0.2, -0.15) is 0 Å². The Morgan fingerprint density at radius 2 is 2.00 bits per heavy atom. The van der Waals surface area contributed by atoms with Gasteiger partial charge in [0.2, 0.25) is 5.88 Å². The number of rotatable bonds is 4. The van der Waals surface area contributed by atoms with Crippen LogP contribution in [-0.2, 0) is 6.54 Å². The number of hydrogen-bond donors (Lipinski definition) is 1. The number of halogens is 2. The third kappa shape index (κ3) is 5.10. The van der Waals surface area contributed by atoms with E-state index in [9.17, 15) is 4.39 Å². The van der Waals surface area contributed by atoms with Gasteiger partial charge in [-0.3, -0.25) is 0 Å². The third-order valence-corrected chi connectivity index (χ3v) is 3.34. The molecule has 2 aromatic rings. The van der Waals surface area contributed by atoms with Crippen LogP contribution < -0.4 is 10.1 Å². The van der Waals surface area contributed by atoms with Gasteiger partial charge in [0.25, 0.3) is 0 Å². The van der Waals surface area contributed by atoms with Gasteiger partial charge < -0.3 is 10.1 Å². The van der Waals surface area contributed by atoms with E-state index in [0.717, 1.165) is 12.1 Å². The van der Waals surface area contributed by atoms with E-state index in [1.807, 2.05) is 6.07 Å². The molecule has 0 saturated heterocycles. The first kappa shape index (κ1) is 15.9. The van der Waals surface area contributed by atoms with Gasteiger partial charge in [0.15, 0.2) is 0 Å². The highest BCUT2D eigenvalue weighted by Crippen LogP contribution is 2.25. The van der Waals surface area contributed by atoms with E-state index < -0.39 is 0 Å². The van der Waals surface area contributed by atoms with Crippen LogP contribution in [0.3, 0.4) is 0 Å². The minimum Gasteiger partial charge on any atom is -0.439 e. The van der Waals surface area contributed by atoms with Crippen molar-refractivity contribution in [3.63, 3.8) is 0 Å². The van der Waals surface area contributed by atoms with Crippen molar-refractivity contribution in [2.45, 2.75) is 32.9 Å². The largest absolute Gasteiger partial charge is 0.439 e. The van der Waals surface area contributed by atoms with E-state index >= 15 is 0 Å². The zero-order valence-corrected chi connectivity index (χ0v) is 13.9. The van der Waals surface area contributed by atoms with Gasteiger partial charge in [0.05, 0.1) is 4.47 Å². The molecule has 0 fully saturated rings. The van der Waals surface area contributed by atoms with E-state index in [2.05, 4.69) is 47.0 Å². The van der Waals surface area contributed by atoms with Crippen LogP contribution in [-0.4, -0.2) is 10.5 Å². The zero-order chi connectivity index (χ0) is 15.5. The molecule has 1 N–H and O–H groups in total. The van der Waals surface area contributed by atoms with Gasteiger partial charge in [0, 0.05) is 24.3 Å². The summed E-state index contributed by atoms with van der Waals surface area (Å²) in [6.07, 6.45) is 1.77. The Morgan fingerprint density at radius 1 is 1.24 bits per heavy atom. The monoisotopic (exact) mass is 352 g/mol. The number of pyridine rings is 1. The number of nitrogens with one attached hydrogen (secondary N) is 1. The average molecular weight is 353 g/mol. The normalized spacial score (nSPS) is 11.5. The molecular weight excluding hydrogens is 335 g/mol. The molecule has 2 rings (SSSR count). The highest BCUT2D eigenvalue weighted by molar-refractivity contribution is 9.10. The van der Waals surface area contributed by atoms with E-state index in [1.165, 1.54) is 6.07 Å². The SMILES string of the molecule is CC(C)(C)NCc1ccc(Oc2ccc(F)c(Br)c2)nc1. The molecule has 3 nitrogen and oxygen atoms in total. The minimum absolute atomic E-state index is 0.0650. The van der Waals surface area contributed by atoms with E-state index in [0.29, 0.717) is 16.1 Å². The van der Waals surface area contributed by atoms with Crippen molar-refractivity contribution < 1.29 is 9.13 Å². The predicted octanol–water partition coefficient (Wildman–Crippen LogP) is 4.66. The molecular formula is C16H18BrFN2O. The smallest absolute Gasteiger partial charge is 0.219 e. The van der Waals surface area contributed by atoms with Gasteiger partial charge in [-0.15, -0.1) is 0 Å². The Kier molecular flexibility index (Phi) is 4.96. The lowest BCUT2D eigenvalue weighted by Crippen LogP contribution is -2.35. The summed E-state index contributed by atoms with van der Waals surface area (Å²) in [7, 11) is 0. The van der Waals surface area contributed by atoms with Crippen molar-refractivity contribution in [3.8, 4) is 11.6 Å². The fourth-order valence-corrected chi connectivity index (χ4v) is 1.96. The Labute approximate surface area is 132 Å². The highest BCUT2D eigenvalue weighted by Gasteiger charge is 2.09. The van der Waals surface area contributed by atoms with Crippen molar-refractivity contribution in [2.75, 3.05) is 0 Å². The summed E-state index contributed by atoms with van der Waals surface area (Å²) in [5.74, 6) is 0.697. The molecule has 0 radical (unpaired) electrons. The minimum atomic E-state index is -0.320. The van der Waals surface area contributed by atoms with E-state index in [-0.39, 0.29) is 11.4 Å². The Morgan fingerprint density at radius 3 is 2.57 bits per heavy atom. The summed E-state index contributed by atoms with van der Waals surface area (Å²) in [6, 6.07) is 8.25. The second-order valence-electron chi connectivity index (χ2n) is 5.79. The quantitative estimate of drug-likeness (QED) is 0.868. The van der Waals surface area contributed by atoms with Crippen LogP contribution in [0.5, 0.6) is 11.6 Å². The van der Waals surface area contributed by atoms with Crippen LogP contribution in [0.25, 0.3) is 0 Å². The predicted molar refractivity (Wildman–Crippen MR) is 85.0 cm³/mol. The first-order chi connectivity index (χ1) is 9.83. The zero-order valence-electron chi connectivity index (χ0n) is 12.3. The summed E-state index contributed by atoms with van der Waals surface area (Å²) in [5, 5.41) is 3.39. The molecule has 0 aliphatic rings. The number of aromatic nitrogens is 1. The topological polar surface area (TPSA) is 34.1 Å². The summed E-state index contributed by atoms with van der Waals surface area (Å²) >= 11 is 3.13. The van der Waals surface area contributed by atoms with Crippen molar-refractivity contribution in [2.24, 2.45) is 0 Å². The van der Waals surface area contributed by atoms with Crippen LogP contribution in [0.4, 0.5) is 4.39 Å².